The van der Waals surface area contributed by atoms with Crippen LogP contribution in [-0.4, -0.2) is 36.7 Å². The van der Waals surface area contributed by atoms with Crippen molar-refractivity contribution in [1.29, 1.82) is 0 Å². The molecule has 0 spiro atoms. The van der Waals surface area contributed by atoms with Gasteiger partial charge in [0.1, 0.15) is 0 Å². The maximum atomic E-state index is 3.57. The fraction of sp³-hybridized carbons (Fsp3) is 1.00. The molecule has 2 N–H and O–H groups in total. The average molecular weight is 216 g/mol. The first kappa shape index (κ1) is 12.3. The van der Waals surface area contributed by atoms with Gasteiger partial charge in [-0.05, 0) is 51.6 Å². The molecule has 0 aromatic carbocycles. The Morgan fingerprint density at radius 2 is 2.07 bits per heavy atom. The van der Waals surface area contributed by atoms with Gasteiger partial charge in [-0.25, -0.2) is 0 Å². The smallest absolute Gasteiger partial charge is 0.0256 e. The van der Waals surface area contributed by atoms with Gasteiger partial charge >= 0.3 is 0 Å². The maximum Gasteiger partial charge on any atom is 0.0256 e. The van der Waals surface area contributed by atoms with E-state index < -0.39 is 0 Å². The Bertz CT molecular complexity index is 144. The van der Waals surface area contributed by atoms with Gasteiger partial charge in [0.15, 0.2) is 0 Å². The molecule has 0 radical (unpaired) electrons. The molecule has 1 heterocycles. The van der Waals surface area contributed by atoms with Crippen LogP contribution in [0, 0.1) is 0 Å². The molecule has 0 aromatic heterocycles. The summed E-state index contributed by atoms with van der Waals surface area (Å²) in [5, 5.41) is 6.91. The van der Waals surface area contributed by atoms with E-state index in [-0.39, 0.29) is 0 Å². The highest BCUT2D eigenvalue weighted by Gasteiger charge is 2.28. The van der Waals surface area contributed by atoms with Crippen LogP contribution in [0.3, 0.4) is 0 Å². The topological polar surface area (TPSA) is 24.1 Å². The lowest BCUT2D eigenvalue weighted by Gasteiger charge is -2.22. The van der Waals surface area contributed by atoms with E-state index in [0.717, 1.165) is 19.6 Å². The summed E-state index contributed by atoms with van der Waals surface area (Å²) in [4.78, 5) is 0. The predicted octanol–water partition coefficient (Wildman–Crippen LogP) is 1.86. The normalized spacial score (nSPS) is 27.0. The number of hydrogen-bond acceptors (Lipinski definition) is 3. The lowest BCUT2D eigenvalue weighted by Crippen LogP contribution is -2.34. The van der Waals surface area contributed by atoms with Crippen molar-refractivity contribution in [2.24, 2.45) is 0 Å². The Morgan fingerprint density at radius 3 is 2.71 bits per heavy atom. The summed E-state index contributed by atoms with van der Waals surface area (Å²) < 4.78 is 0.526. The second kappa shape index (κ2) is 6.70. The first-order valence-corrected chi connectivity index (χ1v) is 6.81. The third-order valence-electron chi connectivity index (χ3n) is 2.76. The quantitative estimate of drug-likeness (QED) is 0.635. The number of rotatable bonds is 7. The number of hydrogen-bond donors (Lipinski definition) is 2. The van der Waals surface area contributed by atoms with Gasteiger partial charge in [-0.1, -0.05) is 6.92 Å². The lowest BCUT2D eigenvalue weighted by atomic mass is 10.1. The molecular formula is C11H24N2S. The summed E-state index contributed by atoms with van der Waals surface area (Å²) in [5.74, 6) is 1.36. The van der Waals surface area contributed by atoms with Crippen molar-refractivity contribution in [1.82, 2.24) is 10.6 Å². The van der Waals surface area contributed by atoms with Crippen molar-refractivity contribution in [2.75, 3.05) is 31.9 Å². The summed E-state index contributed by atoms with van der Waals surface area (Å²) in [6.45, 7) is 9.12. The molecule has 0 amide bonds. The van der Waals surface area contributed by atoms with Gasteiger partial charge in [-0.15, -0.1) is 0 Å². The molecule has 1 unspecified atom stereocenters. The summed E-state index contributed by atoms with van der Waals surface area (Å²) >= 11 is 2.13. The van der Waals surface area contributed by atoms with E-state index in [1.54, 1.807) is 0 Å². The van der Waals surface area contributed by atoms with E-state index in [1.807, 2.05) is 0 Å². The van der Waals surface area contributed by atoms with E-state index >= 15 is 0 Å². The molecule has 1 aliphatic heterocycles. The molecule has 1 rings (SSSR count). The van der Waals surface area contributed by atoms with E-state index in [4.69, 9.17) is 0 Å². The number of thioether (sulfide) groups is 1. The Morgan fingerprint density at radius 1 is 1.29 bits per heavy atom. The zero-order valence-corrected chi connectivity index (χ0v) is 10.4. The number of nitrogens with one attached hydrogen (secondary N) is 2. The Labute approximate surface area is 92.6 Å². The Hall–Kier alpha value is 0.270. The predicted molar refractivity (Wildman–Crippen MR) is 66.1 cm³/mol. The maximum absolute atomic E-state index is 3.57. The minimum atomic E-state index is 0.526. The van der Waals surface area contributed by atoms with Crippen molar-refractivity contribution in [3.63, 3.8) is 0 Å². The van der Waals surface area contributed by atoms with Gasteiger partial charge in [0, 0.05) is 11.3 Å². The zero-order chi connectivity index (χ0) is 10.3. The standard InChI is InChI=1S/C11H24N2S/c1-3-12-7-5-8-13-10-11(2)6-4-9-14-11/h12-13H,3-10H2,1-2H3. The summed E-state index contributed by atoms with van der Waals surface area (Å²) in [5.41, 5.74) is 0. The van der Waals surface area contributed by atoms with Crippen LogP contribution < -0.4 is 10.6 Å². The van der Waals surface area contributed by atoms with Gasteiger partial charge in [0.2, 0.25) is 0 Å². The van der Waals surface area contributed by atoms with Crippen molar-refractivity contribution in [3.05, 3.63) is 0 Å². The van der Waals surface area contributed by atoms with Crippen LogP contribution in [0.4, 0.5) is 0 Å². The molecule has 84 valence electrons. The lowest BCUT2D eigenvalue weighted by molar-refractivity contribution is 0.523. The van der Waals surface area contributed by atoms with Crippen molar-refractivity contribution >= 4 is 11.8 Å². The average Bonchev–Trinajstić information content (AvgIpc) is 2.59. The Kier molecular flexibility index (Phi) is 5.90. The highest BCUT2D eigenvalue weighted by atomic mass is 32.2. The van der Waals surface area contributed by atoms with Crippen molar-refractivity contribution in [2.45, 2.75) is 37.9 Å². The third kappa shape index (κ3) is 4.67. The zero-order valence-electron chi connectivity index (χ0n) is 9.57. The van der Waals surface area contributed by atoms with Gasteiger partial charge in [-0.2, -0.15) is 11.8 Å². The summed E-state index contributed by atoms with van der Waals surface area (Å²) in [7, 11) is 0. The monoisotopic (exact) mass is 216 g/mol. The molecule has 14 heavy (non-hydrogen) atoms. The van der Waals surface area contributed by atoms with Crippen LogP contribution >= 0.6 is 11.8 Å². The van der Waals surface area contributed by atoms with Crippen LogP contribution in [0.25, 0.3) is 0 Å². The van der Waals surface area contributed by atoms with Gasteiger partial charge in [0.25, 0.3) is 0 Å². The largest absolute Gasteiger partial charge is 0.317 e. The van der Waals surface area contributed by atoms with Crippen molar-refractivity contribution < 1.29 is 0 Å². The second-order valence-corrected chi connectivity index (χ2v) is 5.97. The minimum absolute atomic E-state index is 0.526. The van der Waals surface area contributed by atoms with Crippen molar-refractivity contribution in [3.8, 4) is 0 Å². The van der Waals surface area contributed by atoms with E-state index in [1.165, 1.54) is 31.6 Å². The second-order valence-electron chi connectivity index (χ2n) is 4.29. The minimum Gasteiger partial charge on any atom is -0.317 e. The third-order valence-corrected chi connectivity index (χ3v) is 4.29. The molecule has 2 nitrogen and oxygen atoms in total. The molecule has 1 aliphatic rings. The van der Waals surface area contributed by atoms with Gasteiger partial charge in [0.05, 0.1) is 0 Å². The molecule has 0 aliphatic carbocycles. The highest BCUT2D eigenvalue weighted by Crippen LogP contribution is 2.36. The van der Waals surface area contributed by atoms with Crippen LogP contribution in [0.15, 0.2) is 0 Å². The molecule has 0 aromatic rings. The van der Waals surface area contributed by atoms with Crippen LogP contribution in [-0.2, 0) is 0 Å². The molecule has 3 heteroatoms. The molecule has 1 saturated heterocycles. The van der Waals surface area contributed by atoms with Crippen LogP contribution in [0.5, 0.6) is 0 Å². The fourth-order valence-corrected chi connectivity index (χ4v) is 3.12. The fourth-order valence-electron chi connectivity index (χ4n) is 1.84. The van der Waals surface area contributed by atoms with E-state index in [0.29, 0.717) is 4.75 Å². The van der Waals surface area contributed by atoms with E-state index in [9.17, 15) is 0 Å². The molecular weight excluding hydrogens is 192 g/mol. The van der Waals surface area contributed by atoms with Gasteiger partial charge < -0.3 is 10.6 Å². The summed E-state index contributed by atoms with van der Waals surface area (Å²) in [6, 6.07) is 0. The van der Waals surface area contributed by atoms with Crippen LogP contribution in [0.1, 0.15) is 33.1 Å². The molecule has 0 bridgehead atoms. The molecule has 1 atom stereocenters. The van der Waals surface area contributed by atoms with Crippen LogP contribution in [0.2, 0.25) is 0 Å². The Balaban J connectivity index is 1.92. The summed E-state index contributed by atoms with van der Waals surface area (Å²) in [6.07, 6.45) is 4.03. The van der Waals surface area contributed by atoms with Gasteiger partial charge in [-0.3, -0.25) is 0 Å². The van der Waals surface area contributed by atoms with E-state index in [2.05, 4.69) is 36.2 Å². The first-order valence-electron chi connectivity index (χ1n) is 5.82. The first-order chi connectivity index (χ1) is 6.77. The highest BCUT2D eigenvalue weighted by molar-refractivity contribution is 8.00. The molecule has 1 fully saturated rings. The molecule has 0 saturated carbocycles. The SMILES string of the molecule is CCNCCCNCC1(C)CCCS1.